The Morgan fingerprint density at radius 2 is 1.24 bits per heavy atom. The van der Waals surface area contributed by atoms with Gasteiger partial charge in [-0.15, -0.1) is 0 Å². The smallest absolute Gasteiger partial charge is 0.167 e. The minimum atomic E-state index is 0.433. The highest BCUT2D eigenvalue weighted by Crippen LogP contribution is 2.07. The Morgan fingerprint density at radius 3 is 1.65 bits per heavy atom. The number of unbranched alkanes of at least 4 members (excludes halogenated alkanes) is 2. The van der Waals surface area contributed by atoms with Gasteiger partial charge in [-0.2, -0.15) is 10.5 Å². The molecule has 0 unspecified atom stereocenters. The molecule has 17 heavy (non-hydrogen) atoms. The lowest BCUT2D eigenvalue weighted by molar-refractivity contribution is -0.896. The average Bonchev–Trinajstić information content (AvgIpc) is 2.16. The van der Waals surface area contributed by atoms with E-state index in [-0.39, 0.29) is 0 Å². The molecule has 0 aromatic rings. The van der Waals surface area contributed by atoms with Gasteiger partial charge in [-0.05, 0) is 19.3 Å². The first-order valence-electron chi connectivity index (χ1n) is 6.21. The van der Waals surface area contributed by atoms with Crippen LogP contribution >= 0.6 is 0 Å². The Kier molecular flexibility index (Phi) is 6.80. The first kappa shape index (κ1) is 15.9. The third kappa shape index (κ3) is 8.68. The lowest BCUT2D eigenvalue weighted by atomic mass is 10.2. The Hall–Kier alpha value is -1.10. The summed E-state index contributed by atoms with van der Waals surface area (Å²) in [5, 5.41) is 17.5. The van der Waals surface area contributed by atoms with Crippen LogP contribution in [0.3, 0.4) is 0 Å². The molecule has 96 valence electrons. The van der Waals surface area contributed by atoms with Crippen LogP contribution in [-0.4, -0.2) is 63.3 Å². The fraction of sp³-hybridized carbons (Fsp3) is 0.846. The maximum Gasteiger partial charge on any atom is 0.167 e. The molecule has 0 amide bonds. The molecule has 0 saturated heterocycles. The summed E-state index contributed by atoms with van der Waals surface area (Å²) in [6, 6.07) is 4.35. The standard InChI is InChI=1S/C13H26N4/c1-16(2,3)10-6-5-7-11-17(4,12-8-14)13-9-15/h5-7,10-13H2,1-4H3/q+2. The first-order chi connectivity index (χ1) is 7.83. The number of nitrogens with zero attached hydrogens (tertiary/aromatic N) is 4. The van der Waals surface area contributed by atoms with Gasteiger partial charge in [-0.3, -0.25) is 0 Å². The number of rotatable bonds is 8. The fourth-order valence-electron chi connectivity index (χ4n) is 1.81. The highest BCUT2D eigenvalue weighted by Gasteiger charge is 2.20. The molecule has 0 radical (unpaired) electrons. The molecule has 4 heteroatoms. The second kappa shape index (κ2) is 7.27. The van der Waals surface area contributed by atoms with Crippen molar-refractivity contribution in [2.24, 2.45) is 0 Å². The predicted molar refractivity (Wildman–Crippen MR) is 68.8 cm³/mol. The summed E-state index contributed by atoms with van der Waals surface area (Å²) in [5.74, 6) is 0. The van der Waals surface area contributed by atoms with Gasteiger partial charge in [0.2, 0.25) is 0 Å². The van der Waals surface area contributed by atoms with Crippen LogP contribution in [0.2, 0.25) is 0 Å². The quantitative estimate of drug-likeness (QED) is 0.364. The van der Waals surface area contributed by atoms with E-state index in [1.807, 2.05) is 7.05 Å². The summed E-state index contributed by atoms with van der Waals surface area (Å²) in [7, 11) is 8.59. The van der Waals surface area contributed by atoms with Crippen molar-refractivity contribution in [3.63, 3.8) is 0 Å². The van der Waals surface area contributed by atoms with E-state index in [0.717, 1.165) is 17.4 Å². The van der Waals surface area contributed by atoms with E-state index in [1.54, 1.807) is 0 Å². The molecule has 0 aliphatic heterocycles. The molecule has 0 fully saturated rings. The van der Waals surface area contributed by atoms with Crippen LogP contribution in [0.1, 0.15) is 19.3 Å². The third-order valence-corrected chi connectivity index (χ3v) is 2.93. The van der Waals surface area contributed by atoms with Gasteiger partial charge in [0.1, 0.15) is 12.1 Å². The van der Waals surface area contributed by atoms with Crippen LogP contribution in [0, 0.1) is 22.7 Å². The summed E-state index contributed by atoms with van der Waals surface area (Å²) in [6.45, 7) is 2.98. The SMILES string of the molecule is C[N+](C)(C)CCCCC[N+](C)(CC#N)CC#N. The molecule has 0 saturated carbocycles. The second-order valence-corrected chi connectivity index (χ2v) is 6.05. The van der Waals surface area contributed by atoms with Gasteiger partial charge < -0.3 is 8.97 Å². The molecular weight excluding hydrogens is 212 g/mol. The van der Waals surface area contributed by atoms with E-state index in [2.05, 4.69) is 33.3 Å². The van der Waals surface area contributed by atoms with Crippen molar-refractivity contribution in [1.29, 1.82) is 10.5 Å². The number of hydrogen-bond acceptors (Lipinski definition) is 2. The van der Waals surface area contributed by atoms with E-state index in [0.29, 0.717) is 17.6 Å². The van der Waals surface area contributed by atoms with Crippen molar-refractivity contribution in [2.45, 2.75) is 19.3 Å². The van der Waals surface area contributed by atoms with Gasteiger partial charge in [0.25, 0.3) is 0 Å². The van der Waals surface area contributed by atoms with Crippen LogP contribution in [-0.2, 0) is 0 Å². The van der Waals surface area contributed by atoms with Gasteiger partial charge >= 0.3 is 0 Å². The minimum absolute atomic E-state index is 0.433. The molecule has 0 spiro atoms. The summed E-state index contributed by atoms with van der Waals surface area (Å²) in [4.78, 5) is 0. The fourth-order valence-corrected chi connectivity index (χ4v) is 1.81. The molecule has 0 bridgehead atoms. The molecular formula is C13H26N4+2. The molecule has 0 aliphatic rings. The van der Waals surface area contributed by atoms with Crippen molar-refractivity contribution in [2.75, 3.05) is 54.4 Å². The Balaban J connectivity index is 3.85. The van der Waals surface area contributed by atoms with Crippen LogP contribution in [0.5, 0.6) is 0 Å². The average molecular weight is 238 g/mol. The number of quaternary nitrogens is 2. The van der Waals surface area contributed by atoms with Crippen LogP contribution in [0.4, 0.5) is 0 Å². The van der Waals surface area contributed by atoms with Crippen molar-refractivity contribution in [3.8, 4) is 12.1 Å². The van der Waals surface area contributed by atoms with Crippen molar-refractivity contribution >= 4 is 0 Å². The summed E-state index contributed by atoms with van der Waals surface area (Å²) >= 11 is 0. The van der Waals surface area contributed by atoms with E-state index in [9.17, 15) is 0 Å². The van der Waals surface area contributed by atoms with E-state index >= 15 is 0 Å². The van der Waals surface area contributed by atoms with Gasteiger partial charge in [-0.1, -0.05) is 0 Å². The third-order valence-electron chi connectivity index (χ3n) is 2.93. The lowest BCUT2D eigenvalue weighted by Gasteiger charge is -2.29. The number of nitriles is 2. The predicted octanol–water partition coefficient (Wildman–Crippen LogP) is 1.36. The molecule has 0 aromatic heterocycles. The van der Waals surface area contributed by atoms with Crippen molar-refractivity contribution in [1.82, 2.24) is 0 Å². The maximum absolute atomic E-state index is 8.76. The van der Waals surface area contributed by atoms with E-state index in [4.69, 9.17) is 10.5 Å². The van der Waals surface area contributed by atoms with Crippen LogP contribution in [0.25, 0.3) is 0 Å². The molecule has 0 N–H and O–H groups in total. The molecule has 4 nitrogen and oxygen atoms in total. The van der Waals surface area contributed by atoms with Gasteiger partial charge in [0.15, 0.2) is 13.1 Å². The topological polar surface area (TPSA) is 47.6 Å². The van der Waals surface area contributed by atoms with Gasteiger partial charge in [0.05, 0.1) is 41.3 Å². The Bertz CT molecular complexity index is 274. The molecule has 0 aliphatic carbocycles. The highest BCUT2D eigenvalue weighted by atomic mass is 15.3. The zero-order valence-electron chi connectivity index (χ0n) is 11.7. The molecule has 0 rings (SSSR count). The zero-order valence-corrected chi connectivity index (χ0v) is 11.7. The Labute approximate surface area is 106 Å². The second-order valence-electron chi connectivity index (χ2n) is 6.05. The first-order valence-corrected chi connectivity index (χ1v) is 6.21. The van der Waals surface area contributed by atoms with Crippen LogP contribution in [0.15, 0.2) is 0 Å². The van der Waals surface area contributed by atoms with E-state index in [1.165, 1.54) is 19.4 Å². The van der Waals surface area contributed by atoms with Crippen molar-refractivity contribution in [3.05, 3.63) is 0 Å². The highest BCUT2D eigenvalue weighted by molar-refractivity contribution is 4.74. The normalized spacial score (nSPS) is 11.9. The molecule has 0 aromatic carbocycles. The largest absolute Gasteiger partial charge is 0.331 e. The Morgan fingerprint density at radius 1 is 0.765 bits per heavy atom. The summed E-state index contributed by atoms with van der Waals surface area (Å²) in [6.07, 6.45) is 3.49. The summed E-state index contributed by atoms with van der Waals surface area (Å²) in [5.41, 5.74) is 0. The zero-order chi connectivity index (χ0) is 13.4. The monoisotopic (exact) mass is 238 g/mol. The minimum Gasteiger partial charge on any atom is -0.331 e. The molecule has 0 heterocycles. The van der Waals surface area contributed by atoms with Crippen LogP contribution < -0.4 is 0 Å². The molecule has 0 atom stereocenters. The maximum atomic E-state index is 8.76. The van der Waals surface area contributed by atoms with Gasteiger partial charge in [0, 0.05) is 0 Å². The van der Waals surface area contributed by atoms with Gasteiger partial charge in [-0.25, -0.2) is 0 Å². The van der Waals surface area contributed by atoms with Crippen molar-refractivity contribution < 1.29 is 8.97 Å². The summed E-state index contributed by atoms with van der Waals surface area (Å²) < 4.78 is 1.57. The number of hydrogen-bond donors (Lipinski definition) is 0. The van der Waals surface area contributed by atoms with E-state index < -0.39 is 0 Å². The lowest BCUT2D eigenvalue weighted by Crippen LogP contribution is -2.45.